The normalized spacial score (nSPS) is 13.0. The van der Waals surface area contributed by atoms with E-state index in [-0.39, 0.29) is 25.2 Å². The number of carbonyl (C=O) groups excluding carboxylic acids is 7. The maximum Gasteiger partial charge on any atom is 0.352 e. The van der Waals surface area contributed by atoms with E-state index in [1.54, 1.807) is 27.7 Å². The first kappa shape index (κ1) is 55.1. The van der Waals surface area contributed by atoms with Crippen molar-refractivity contribution in [2.75, 3.05) is 19.8 Å². The van der Waals surface area contributed by atoms with E-state index in [0.29, 0.717) is 50.5 Å². The Morgan fingerprint density at radius 1 is 0.625 bits per heavy atom. The summed E-state index contributed by atoms with van der Waals surface area (Å²) in [5.41, 5.74) is -1.48. The summed E-state index contributed by atoms with van der Waals surface area (Å²) in [4.78, 5) is 131. The van der Waals surface area contributed by atoms with Gasteiger partial charge in [-0.1, -0.05) is 18.6 Å². The topological polar surface area (TPSA) is 344 Å². The minimum Gasteiger partial charge on any atom is -0.460 e. The van der Waals surface area contributed by atoms with E-state index < -0.39 is 106 Å². The molecule has 0 spiro atoms. The molecule has 0 fully saturated rings. The van der Waals surface area contributed by atoms with Crippen LogP contribution < -0.4 is 10.1 Å². The Hall–Kier alpha value is -6.89. The summed E-state index contributed by atoms with van der Waals surface area (Å²) in [6.07, 6.45) is -1.34. The Kier molecular flexibility index (Phi) is 23.5. The number of amides is 1. The Morgan fingerprint density at radius 2 is 1.19 bits per heavy atom. The second-order valence-corrected chi connectivity index (χ2v) is 15.2. The van der Waals surface area contributed by atoms with Crippen molar-refractivity contribution in [3.05, 3.63) is 60.2 Å². The van der Waals surface area contributed by atoms with Crippen molar-refractivity contribution in [2.45, 2.75) is 142 Å². The molecule has 1 amide bonds. The van der Waals surface area contributed by atoms with E-state index in [1.165, 1.54) is 31.2 Å². The van der Waals surface area contributed by atoms with Crippen LogP contribution in [0.4, 0.5) is 0 Å². The first-order chi connectivity index (χ1) is 29.8. The molecule has 1 rings (SSSR count). The number of carbonyl (C=O) groups is 7. The van der Waals surface area contributed by atoms with Crippen molar-refractivity contribution in [3.8, 4) is 5.75 Å². The number of unbranched alkanes of at least 4 members (excludes halogenated alkanes) is 3. The molecule has 0 aliphatic rings. The standard InChI is InChI=1S/C38H54N4O22/c1-24(59-34(47)26(3)64-42(54)55)33(46)61-28-16-14-27(15-17-28)21-29(39-30(43)22-56-32(45)23-58-41(52)53)36(49)60-25(2)35(48)63-38(6,7)18-10-8-9-13-31(44)62-37(4,5)19-11-12-20-57-40(50)51/h14-17,24-26,29H,8-13,18-23H2,1-7H3,(H,39,43). The van der Waals surface area contributed by atoms with Gasteiger partial charge in [0.15, 0.2) is 25.4 Å². The average molecular weight is 919 g/mol. The molecular formula is C38H54N4O22. The fourth-order valence-electron chi connectivity index (χ4n) is 5.25. The molecule has 1 N–H and O–H groups in total. The molecule has 0 saturated heterocycles. The number of hydrogen-bond acceptors (Lipinski definition) is 22. The molecule has 1 aromatic rings. The van der Waals surface area contributed by atoms with Gasteiger partial charge in [-0.25, -0.2) is 24.0 Å². The molecule has 4 unspecified atom stereocenters. The van der Waals surface area contributed by atoms with Crippen molar-refractivity contribution >= 4 is 41.7 Å². The summed E-state index contributed by atoms with van der Waals surface area (Å²) < 4.78 is 31.1. The van der Waals surface area contributed by atoms with Gasteiger partial charge in [0, 0.05) is 12.8 Å². The van der Waals surface area contributed by atoms with Crippen molar-refractivity contribution in [2.24, 2.45) is 0 Å². The molecule has 0 saturated carbocycles. The highest BCUT2D eigenvalue weighted by Crippen LogP contribution is 2.23. The molecule has 64 heavy (non-hydrogen) atoms. The number of hydrogen-bond donors (Lipinski definition) is 1. The van der Waals surface area contributed by atoms with Gasteiger partial charge in [-0.15, -0.1) is 30.3 Å². The van der Waals surface area contributed by atoms with Gasteiger partial charge in [-0.2, -0.15) is 0 Å². The average Bonchev–Trinajstić information content (AvgIpc) is 3.18. The second-order valence-electron chi connectivity index (χ2n) is 15.2. The Morgan fingerprint density at radius 3 is 1.78 bits per heavy atom. The van der Waals surface area contributed by atoms with Crippen LogP contribution in [0.2, 0.25) is 0 Å². The van der Waals surface area contributed by atoms with E-state index in [1.807, 2.05) is 0 Å². The lowest BCUT2D eigenvalue weighted by Crippen LogP contribution is -2.47. The molecule has 0 bridgehead atoms. The van der Waals surface area contributed by atoms with Crippen LogP contribution in [0.25, 0.3) is 0 Å². The van der Waals surface area contributed by atoms with Gasteiger partial charge in [0.25, 0.3) is 21.2 Å². The lowest BCUT2D eigenvalue weighted by Gasteiger charge is -2.27. The molecule has 0 radical (unpaired) electrons. The zero-order valence-electron chi connectivity index (χ0n) is 36.4. The van der Waals surface area contributed by atoms with Crippen molar-refractivity contribution in [1.82, 2.24) is 5.32 Å². The predicted molar refractivity (Wildman–Crippen MR) is 210 cm³/mol. The molecule has 0 aliphatic carbocycles. The van der Waals surface area contributed by atoms with E-state index in [4.69, 9.17) is 23.7 Å². The zero-order chi connectivity index (χ0) is 48.6. The molecule has 26 heteroatoms. The van der Waals surface area contributed by atoms with Crippen LogP contribution in [0.1, 0.15) is 105 Å². The van der Waals surface area contributed by atoms with E-state index >= 15 is 0 Å². The fraction of sp³-hybridized carbons (Fsp3) is 0.658. The first-order valence-corrected chi connectivity index (χ1v) is 19.8. The third-order valence-corrected chi connectivity index (χ3v) is 8.48. The number of ether oxygens (including phenoxy) is 6. The van der Waals surface area contributed by atoms with Crippen molar-refractivity contribution in [1.29, 1.82) is 0 Å². The first-order valence-electron chi connectivity index (χ1n) is 19.8. The number of rotatable bonds is 31. The highest BCUT2D eigenvalue weighted by atomic mass is 17.0. The summed E-state index contributed by atoms with van der Waals surface area (Å²) in [7, 11) is 0. The van der Waals surface area contributed by atoms with Crippen molar-refractivity contribution in [3.63, 3.8) is 0 Å². The Balaban J connectivity index is 2.84. The van der Waals surface area contributed by atoms with Crippen LogP contribution in [-0.4, -0.2) is 112 Å². The molecule has 358 valence electrons. The summed E-state index contributed by atoms with van der Waals surface area (Å²) in [6.45, 7) is 8.03. The second kappa shape index (κ2) is 27.2. The summed E-state index contributed by atoms with van der Waals surface area (Å²) in [5.74, 6) is -7.10. The lowest BCUT2D eigenvalue weighted by molar-refractivity contribution is -0.764. The van der Waals surface area contributed by atoms with Gasteiger partial charge in [-0.05, 0) is 105 Å². The highest BCUT2D eigenvalue weighted by molar-refractivity contribution is 5.88. The van der Waals surface area contributed by atoms with Gasteiger partial charge in [-0.3, -0.25) is 14.4 Å². The molecule has 4 atom stereocenters. The zero-order valence-corrected chi connectivity index (χ0v) is 36.4. The lowest BCUT2D eigenvalue weighted by atomic mass is 9.99. The number of benzene rings is 1. The minimum absolute atomic E-state index is 0.0477. The summed E-state index contributed by atoms with van der Waals surface area (Å²) in [5, 5.41) is 30.0. The molecule has 26 nitrogen and oxygen atoms in total. The maximum absolute atomic E-state index is 13.4. The predicted octanol–water partition coefficient (Wildman–Crippen LogP) is 2.80. The summed E-state index contributed by atoms with van der Waals surface area (Å²) >= 11 is 0. The van der Waals surface area contributed by atoms with E-state index in [2.05, 4.69) is 24.6 Å². The smallest absolute Gasteiger partial charge is 0.352 e. The van der Waals surface area contributed by atoms with E-state index in [0.717, 1.165) is 13.8 Å². The Labute approximate surface area is 366 Å². The van der Waals surface area contributed by atoms with Crippen LogP contribution in [0, 0.1) is 30.3 Å². The van der Waals surface area contributed by atoms with E-state index in [9.17, 15) is 63.9 Å². The van der Waals surface area contributed by atoms with Gasteiger partial charge < -0.3 is 43.4 Å². The molecule has 0 aliphatic heterocycles. The Bertz CT molecular complexity index is 1780. The van der Waals surface area contributed by atoms with Gasteiger partial charge >= 0.3 is 35.8 Å². The third kappa shape index (κ3) is 24.5. The van der Waals surface area contributed by atoms with Crippen LogP contribution in [0.3, 0.4) is 0 Å². The molecule has 0 heterocycles. The largest absolute Gasteiger partial charge is 0.460 e. The monoisotopic (exact) mass is 918 g/mol. The molecule has 1 aromatic carbocycles. The number of nitrogens with one attached hydrogen (secondary N) is 1. The third-order valence-electron chi connectivity index (χ3n) is 8.48. The van der Waals surface area contributed by atoms with Crippen LogP contribution in [-0.2, 0) is 78.2 Å². The fourth-order valence-corrected chi connectivity index (χ4v) is 5.25. The van der Waals surface area contributed by atoms with Crippen LogP contribution >= 0.6 is 0 Å². The van der Waals surface area contributed by atoms with Gasteiger partial charge in [0.2, 0.25) is 6.10 Å². The SMILES string of the molecule is CC(OC(=O)C(Cc1ccc(OC(=O)C(C)OC(=O)C(C)O[N+](=O)[O-])cc1)NC(=O)COC(=O)CO[N+](=O)[O-])C(=O)OC(C)(C)CCCCCC(=O)OC(C)(C)CCCCO[N+](=O)[O-]. The molecular weight excluding hydrogens is 864 g/mol. The highest BCUT2D eigenvalue weighted by Gasteiger charge is 2.32. The molecule has 0 aromatic heterocycles. The van der Waals surface area contributed by atoms with Gasteiger partial charge in [0.1, 0.15) is 23.0 Å². The number of esters is 6. The van der Waals surface area contributed by atoms with Crippen LogP contribution in [0.5, 0.6) is 5.75 Å². The van der Waals surface area contributed by atoms with Gasteiger partial charge in [0.05, 0.1) is 6.61 Å². The quantitative estimate of drug-likeness (QED) is 0.0279. The number of nitrogens with zero attached hydrogens (tertiary/aromatic N) is 3. The maximum atomic E-state index is 13.4. The van der Waals surface area contributed by atoms with Crippen LogP contribution in [0.15, 0.2) is 24.3 Å². The minimum atomic E-state index is -1.62. The van der Waals surface area contributed by atoms with Crippen molar-refractivity contribution < 1.29 is 91.8 Å². The summed E-state index contributed by atoms with van der Waals surface area (Å²) in [6, 6.07) is 3.78.